The molecule has 0 aliphatic heterocycles. The predicted octanol–water partition coefficient (Wildman–Crippen LogP) is 4.98. The number of rotatable bonds is 6. The van der Waals surface area contributed by atoms with E-state index in [1.165, 1.54) is 7.11 Å². The highest BCUT2D eigenvalue weighted by Gasteiger charge is 2.29. The van der Waals surface area contributed by atoms with Crippen LogP contribution in [0.5, 0.6) is 0 Å². The van der Waals surface area contributed by atoms with E-state index in [0.29, 0.717) is 39.9 Å². The summed E-state index contributed by atoms with van der Waals surface area (Å²) in [4.78, 5) is 18.3. The average molecular weight is 483 g/mol. The Labute approximate surface area is 210 Å². The van der Waals surface area contributed by atoms with Crippen molar-refractivity contribution in [2.45, 2.75) is 20.8 Å². The van der Waals surface area contributed by atoms with Gasteiger partial charge in [0, 0.05) is 28.4 Å². The van der Waals surface area contributed by atoms with Crippen molar-refractivity contribution in [3.8, 4) is 0 Å². The molecule has 8 nitrogen and oxygen atoms in total. The zero-order valence-electron chi connectivity index (χ0n) is 20.8. The molecule has 0 bridgehead atoms. The van der Waals surface area contributed by atoms with Crippen LogP contribution in [-0.4, -0.2) is 18.6 Å². The average Bonchev–Trinajstić information content (AvgIpc) is 2.84. The van der Waals surface area contributed by atoms with Gasteiger partial charge in [0.1, 0.15) is 5.70 Å². The summed E-state index contributed by atoms with van der Waals surface area (Å²) >= 11 is 0. The van der Waals surface area contributed by atoms with Gasteiger partial charge in [-0.2, -0.15) is 0 Å². The molecule has 3 aromatic rings. The van der Waals surface area contributed by atoms with Gasteiger partial charge in [-0.25, -0.2) is 4.99 Å². The summed E-state index contributed by atoms with van der Waals surface area (Å²) in [5, 5.41) is 6.51. The first-order chi connectivity index (χ1) is 17.2. The van der Waals surface area contributed by atoms with E-state index in [-0.39, 0.29) is 11.5 Å². The van der Waals surface area contributed by atoms with Crippen molar-refractivity contribution in [3.63, 3.8) is 0 Å². The van der Waals surface area contributed by atoms with Crippen molar-refractivity contribution in [2.75, 3.05) is 34.9 Å². The maximum absolute atomic E-state index is 13.5. The first-order valence-corrected chi connectivity index (χ1v) is 11.4. The number of hydrogen-bond acceptors (Lipinski definition) is 8. The number of aliphatic imine (C=N–C) groups is 1. The molecule has 0 amide bonds. The molecule has 0 fully saturated rings. The Balaban J connectivity index is 1.82. The lowest BCUT2D eigenvalue weighted by Gasteiger charge is -2.23. The summed E-state index contributed by atoms with van der Waals surface area (Å²) in [6.07, 6.45) is 1.70. The van der Waals surface area contributed by atoms with Crippen molar-refractivity contribution in [1.29, 1.82) is 0 Å². The third-order valence-electron chi connectivity index (χ3n) is 6.01. The number of methoxy groups -OCH3 is 1. The second-order valence-electron chi connectivity index (χ2n) is 8.73. The number of allylic oxidation sites excluding steroid dienone is 1. The molecule has 4 rings (SSSR count). The van der Waals surface area contributed by atoms with Gasteiger partial charge in [-0.1, -0.05) is 0 Å². The highest BCUT2D eigenvalue weighted by Crippen LogP contribution is 2.29. The van der Waals surface area contributed by atoms with Gasteiger partial charge in [-0.3, -0.25) is 4.79 Å². The molecule has 1 aliphatic carbocycles. The van der Waals surface area contributed by atoms with Crippen LogP contribution < -0.4 is 27.8 Å². The standard InChI is InChI=1S/C28H30N6O2/c1-15-11-18(5-8-21(15)29)32-24-14-25(33-19-6-9-22(30)16(2)12-19)27(35)28(36-4)26(24)34-20-7-10-23(31)17(3)13-20/h5-14,33-34H,29-31H2,1-4H3. The molecule has 0 atom stereocenters. The lowest BCUT2D eigenvalue weighted by Crippen LogP contribution is -2.27. The van der Waals surface area contributed by atoms with Crippen LogP contribution in [0.3, 0.4) is 0 Å². The number of carbonyl (C=O) groups excluding carboxylic acids is 1. The lowest BCUT2D eigenvalue weighted by molar-refractivity contribution is -0.115. The molecular formula is C28H30N6O2. The summed E-state index contributed by atoms with van der Waals surface area (Å²) in [5.41, 5.74) is 26.1. The molecule has 1 aliphatic rings. The summed E-state index contributed by atoms with van der Waals surface area (Å²) in [5.74, 6) is -0.179. The monoisotopic (exact) mass is 482 g/mol. The minimum Gasteiger partial charge on any atom is -0.491 e. The topological polar surface area (TPSA) is 141 Å². The highest BCUT2D eigenvalue weighted by molar-refractivity contribution is 6.26. The number of nitrogens with two attached hydrogens (primary N) is 3. The van der Waals surface area contributed by atoms with Gasteiger partial charge in [-0.15, -0.1) is 0 Å². The van der Waals surface area contributed by atoms with E-state index in [2.05, 4.69) is 10.6 Å². The van der Waals surface area contributed by atoms with Gasteiger partial charge in [0.25, 0.3) is 0 Å². The number of benzene rings is 3. The van der Waals surface area contributed by atoms with E-state index in [4.69, 9.17) is 26.9 Å². The fourth-order valence-corrected chi connectivity index (χ4v) is 3.80. The third-order valence-corrected chi connectivity index (χ3v) is 6.01. The molecule has 0 spiro atoms. The normalized spacial score (nSPS) is 14.6. The molecule has 8 N–H and O–H groups in total. The largest absolute Gasteiger partial charge is 0.491 e. The van der Waals surface area contributed by atoms with Crippen molar-refractivity contribution < 1.29 is 9.53 Å². The van der Waals surface area contributed by atoms with E-state index in [1.54, 1.807) is 18.2 Å². The van der Waals surface area contributed by atoms with Crippen LogP contribution in [-0.2, 0) is 9.53 Å². The number of nitrogen functional groups attached to an aromatic ring is 3. The Morgan fingerprint density at radius 1 is 0.750 bits per heavy atom. The van der Waals surface area contributed by atoms with Crippen LogP contribution in [0.15, 0.2) is 82.8 Å². The number of carbonyl (C=O) groups is 1. The van der Waals surface area contributed by atoms with Crippen molar-refractivity contribution >= 4 is 45.6 Å². The first kappa shape index (κ1) is 24.4. The molecule has 0 saturated carbocycles. The number of ketones is 1. The predicted molar refractivity (Wildman–Crippen MR) is 148 cm³/mol. The molecule has 0 aromatic heterocycles. The number of aryl methyl sites for hydroxylation is 3. The van der Waals surface area contributed by atoms with Crippen molar-refractivity contribution in [1.82, 2.24) is 0 Å². The fraction of sp³-hybridized carbons (Fsp3) is 0.143. The van der Waals surface area contributed by atoms with Gasteiger partial charge >= 0.3 is 0 Å². The fourth-order valence-electron chi connectivity index (χ4n) is 3.80. The second kappa shape index (κ2) is 9.87. The van der Waals surface area contributed by atoms with Crippen LogP contribution in [0.2, 0.25) is 0 Å². The number of anilines is 5. The Bertz CT molecular complexity index is 1450. The van der Waals surface area contributed by atoms with Gasteiger partial charge in [0.05, 0.1) is 24.2 Å². The zero-order chi connectivity index (χ0) is 26.0. The molecule has 0 unspecified atom stereocenters. The zero-order valence-corrected chi connectivity index (χ0v) is 20.8. The van der Waals surface area contributed by atoms with E-state index < -0.39 is 0 Å². The third kappa shape index (κ3) is 5.02. The Morgan fingerprint density at radius 3 is 1.81 bits per heavy atom. The van der Waals surface area contributed by atoms with E-state index in [1.807, 2.05) is 63.2 Å². The Morgan fingerprint density at radius 2 is 1.28 bits per heavy atom. The maximum atomic E-state index is 13.5. The Kier molecular flexibility index (Phi) is 6.69. The minimum absolute atomic E-state index is 0.132. The second-order valence-corrected chi connectivity index (χ2v) is 8.73. The summed E-state index contributed by atoms with van der Waals surface area (Å²) in [7, 11) is 1.46. The molecule has 36 heavy (non-hydrogen) atoms. The molecule has 3 aromatic carbocycles. The number of hydrogen-bond donors (Lipinski definition) is 5. The van der Waals surface area contributed by atoms with Gasteiger partial charge in [0.2, 0.25) is 5.78 Å². The maximum Gasteiger partial charge on any atom is 0.245 e. The first-order valence-electron chi connectivity index (χ1n) is 11.4. The van der Waals surface area contributed by atoms with E-state index >= 15 is 0 Å². The van der Waals surface area contributed by atoms with E-state index in [0.717, 1.165) is 28.1 Å². The van der Waals surface area contributed by atoms with Gasteiger partial charge in [-0.05, 0) is 98.1 Å². The molecule has 8 heteroatoms. The van der Waals surface area contributed by atoms with E-state index in [9.17, 15) is 4.79 Å². The van der Waals surface area contributed by atoms with Crippen LogP contribution in [0.1, 0.15) is 16.7 Å². The minimum atomic E-state index is -0.311. The molecule has 184 valence electrons. The lowest BCUT2D eigenvalue weighted by atomic mass is 10.0. The van der Waals surface area contributed by atoms with Crippen LogP contribution in [0.25, 0.3) is 0 Å². The number of Topliss-reactive ketones (excluding diaryl/α,β-unsaturated/α-hetero) is 1. The molecule has 0 radical (unpaired) electrons. The van der Waals surface area contributed by atoms with Crippen LogP contribution >= 0.6 is 0 Å². The SMILES string of the molecule is COC1=C(Nc2ccc(N)c(C)c2)C(=Nc2ccc(N)c(C)c2)C=C(Nc2ccc(N)c(C)c2)C1=O. The molecule has 0 heterocycles. The molecule has 0 saturated heterocycles. The summed E-state index contributed by atoms with van der Waals surface area (Å²) in [6, 6.07) is 16.6. The number of nitrogens with one attached hydrogen (secondary N) is 2. The van der Waals surface area contributed by atoms with Gasteiger partial charge in [0.15, 0.2) is 5.76 Å². The van der Waals surface area contributed by atoms with Crippen LogP contribution in [0, 0.1) is 20.8 Å². The Hall–Kier alpha value is -4.72. The summed E-state index contributed by atoms with van der Waals surface area (Å²) < 4.78 is 5.61. The number of nitrogens with zero attached hydrogens (tertiary/aromatic N) is 1. The van der Waals surface area contributed by atoms with Crippen LogP contribution in [0.4, 0.5) is 34.1 Å². The quantitative estimate of drug-likeness (QED) is 0.246. The van der Waals surface area contributed by atoms with Crippen molar-refractivity contribution in [2.24, 2.45) is 4.99 Å². The smallest absolute Gasteiger partial charge is 0.245 e. The summed E-state index contributed by atoms with van der Waals surface area (Å²) in [6.45, 7) is 5.74. The molecular weight excluding hydrogens is 452 g/mol. The highest BCUT2D eigenvalue weighted by atomic mass is 16.5. The van der Waals surface area contributed by atoms with Gasteiger partial charge < -0.3 is 32.6 Å². The number of ether oxygens (including phenoxy) is 1. The van der Waals surface area contributed by atoms with Crippen molar-refractivity contribution in [3.05, 3.63) is 94.5 Å².